The average Bonchev–Trinajstić information content (AvgIpc) is 3.78. The van der Waals surface area contributed by atoms with Gasteiger partial charge in [-0.3, -0.25) is 4.57 Å². The van der Waals surface area contributed by atoms with Crippen molar-refractivity contribution in [3.05, 3.63) is 158 Å². The second-order valence-electron chi connectivity index (χ2n) is 10.9. The first kappa shape index (κ1) is 23.8. The van der Waals surface area contributed by atoms with Gasteiger partial charge in [0, 0.05) is 39.5 Å². The van der Waals surface area contributed by atoms with Gasteiger partial charge in [0.2, 0.25) is 0 Å². The predicted octanol–water partition coefficient (Wildman–Crippen LogP) is 9.73. The molecule has 6 aromatic carbocycles. The van der Waals surface area contributed by atoms with Gasteiger partial charge < -0.3 is 9.13 Å². The highest BCUT2D eigenvalue weighted by Gasteiger charge is 2.23. The Morgan fingerprint density at radius 2 is 0.814 bits per heavy atom. The molecule has 0 aliphatic carbocycles. The molecule has 0 radical (unpaired) electrons. The highest BCUT2D eigenvalue weighted by Crippen LogP contribution is 2.40. The fraction of sp³-hybridized carbons (Fsp3) is 0. The van der Waals surface area contributed by atoms with Crippen LogP contribution in [0.2, 0.25) is 0 Å². The van der Waals surface area contributed by atoms with Crippen molar-refractivity contribution in [3.63, 3.8) is 0 Å². The Morgan fingerprint density at radius 3 is 1.28 bits per heavy atom. The number of rotatable bonds is 4. The zero-order valence-electron chi connectivity index (χ0n) is 23.3. The zero-order chi connectivity index (χ0) is 28.3. The van der Waals surface area contributed by atoms with Crippen LogP contribution in [0.4, 0.5) is 0 Å². The van der Waals surface area contributed by atoms with Crippen LogP contribution in [0.3, 0.4) is 0 Å². The molecule has 0 aliphatic rings. The Bertz CT molecular complexity index is 2220. The smallest absolute Gasteiger partial charge is 0.144 e. The van der Waals surface area contributed by atoms with Crippen LogP contribution in [0, 0.1) is 0 Å². The lowest BCUT2D eigenvalue weighted by Gasteiger charge is -2.21. The summed E-state index contributed by atoms with van der Waals surface area (Å²) >= 11 is 0. The summed E-state index contributed by atoms with van der Waals surface area (Å²) in [5, 5.41) is 4.95. The Balaban J connectivity index is 1.47. The third-order valence-electron chi connectivity index (χ3n) is 8.55. The summed E-state index contributed by atoms with van der Waals surface area (Å²) in [5.41, 5.74) is 9.00. The molecule has 0 atom stereocenters. The molecular formula is C39H26N4. The van der Waals surface area contributed by atoms with Gasteiger partial charge in [0.15, 0.2) is 0 Å². The van der Waals surface area contributed by atoms with Gasteiger partial charge in [0.1, 0.15) is 5.82 Å². The monoisotopic (exact) mass is 550 g/mol. The van der Waals surface area contributed by atoms with Crippen molar-refractivity contribution in [1.29, 1.82) is 0 Å². The van der Waals surface area contributed by atoms with Crippen LogP contribution in [0.25, 0.3) is 72.1 Å². The van der Waals surface area contributed by atoms with Crippen LogP contribution < -0.4 is 0 Å². The highest BCUT2D eigenvalue weighted by atomic mass is 15.1. The Hall–Kier alpha value is -5.87. The summed E-state index contributed by atoms with van der Waals surface area (Å²) in [6, 6.07) is 51.9. The van der Waals surface area contributed by atoms with E-state index in [4.69, 9.17) is 4.98 Å². The molecule has 9 aromatic rings. The molecule has 0 fully saturated rings. The maximum Gasteiger partial charge on any atom is 0.144 e. The first-order chi connectivity index (χ1) is 21.4. The van der Waals surface area contributed by atoms with Crippen LogP contribution in [-0.2, 0) is 0 Å². The third kappa shape index (κ3) is 3.47. The Morgan fingerprint density at radius 1 is 0.395 bits per heavy atom. The van der Waals surface area contributed by atoms with Gasteiger partial charge in [-0.1, -0.05) is 109 Å². The van der Waals surface area contributed by atoms with Gasteiger partial charge in [-0.05, 0) is 36.4 Å². The van der Waals surface area contributed by atoms with Crippen LogP contribution in [0.15, 0.2) is 158 Å². The highest BCUT2D eigenvalue weighted by molar-refractivity contribution is 6.11. The fourth-order valence-corrected chi connectivity index (χ4v) is 6.78. The van der Waals surface area contributed by atoms with Crippen LogP contribution in [0.1, 0.15) is 0 Å². The fourth-order valence-electron chi connectivity index (χ4n) is 6.78. The number of nitrogens with zero attached hydrogens (tertiary/aromatic N) is 4. The maximum absolute atomic E-state index is 4.90. The third-order valence-corrected chi connectivity index (χ3v) is 8.55. The first-order valence-electron chi connectivity index (χ1n) is 14.6. The van der Waals surface area contributed by atoms with E-state index in [1.54, 1.807) is 0 Å². The molecule has 4 heteroatoms. The number of hydrogen-bond donors (Lipinski definition) is 0. The second kappa shape index (κ2) is 9.33. The van der Waals surface area contributed by atoms with Crippen LogP contribution in [0.5, 0.6) is 0 Å². The molecule has 0 amide bonds. The molecule has 4 nitrogen and oxygen atoms in total. The molecule has 0 aliphatic heterocycles. The van der Waals surface area contributed by atoms with E-state index in [0.29, 0.717) is 0 Å². The van der Waals surface area contributed by atoms with Gasteiger partial charge >= 0.3 is 0 Å². The van der Waals surface area contributed by atoms with E-state index in [2.05, 4.69) is 159 Å². The van der Waals surface area contributed by atoms with E-state index >= 15 is 0 Å². The van der Waals surface area contributed by atoms with Crippen molar-refractivity contribution in [2.75, 3.05) is 0 Å². The van der Waals surface area contributed by atoms with E-state index in [0.717, 1.165) is 28.5 Å². The minimum atomic E-state index is 0.899. The lowest BCUT2D eigenvalue weighted by Crippen LogP contribution is -2.09. The van der Waals surface area contributed by atoms with Gasteiger partial charge in [-0.25, -0.2) is 4.98 Å². The molecule has 3 aromatic heterocycles. The largest absolute Gasteiger partial charge is 0.307 e. The molecule has 0 spiro atoms. The zero-order valence-corrected chi connectivity index (χ0v) is 23.3. The van der Waals surface area contributed by atoms with Crippen molar-refractivity contribution in [1.82, 2.24) is 18.7 Å². The lowest BCUT2D eigenvalue weighted by atomic mass is 10.1. The van der Waals surface area contributed by atoms with E-state index in [-0.39, 0.29) is 0 Å². The SMILES string of the molecule is c1ccc(-c2nccn2-c2c(-n3c4ccccc4c4ccccc43)cccc2-n2c3ccccc3c3ccccc32)cc1. The number of hydrogen-bond acceptors (Lipinski definition) is 1. The van der Waals surface area contributed by atoms with E-state index in [1.807, 2.05) is 12.3 Å². The molecular weight excluding hydrogens is 524 g/mol. The molecule has 0 bridgehead atoms. The number of fused-ring (bicyclic) bond motifs is 6. The topological polar surface area (TPSA) is 27.7 Å². The number of imidazole rings is 1. The van der Waals surface area contributed by atoms with Crippen molar-refractivity contribution in [2.45, 2.75) is 0 Å². The van der Waals surface area contributed by atoms with Crippen LogP contribution in [-0.4, -0.2) is 18.7 Å². The van der Waals surface area contributed by atoms with Crippen molar-refractivity contribution in [2.24, 2.45) is 0 Å². The second-order valence-corrected chi connectivity index (χ2v) is 10.9. The van der Waals surface area contributed by atoms with Crippen molar-refractivity contribution >= 4 is 43.6 Å². The standard InChI is InChI=1S/C39H26N4/c1-2-13-27(14-3-1)39-40-25-26-41(39)38-36(42-32-19-8-4-15-28(32)29-16-5-9-20-33(29)42)23-12-24-37(38)43-34-21-10-6-17-30(34)31-18-7-11-22-35(31)43/h1-26H. The quantitative estimate of drug-likeness (QED) is 0.214. The predicted molar refractivity (Wildman–Crippen MR) is 178 cm³/mol. The Labute approximate surface area is 248 Å². The molecule has 9 rings (SSSR count). The van der Waals surface area contributed by atoms with Crippen molar-refractivity contribution in [3.8, 4) is 28.5 Å². The van der Waals surface area contributed by atoms with Crippen LogP contribution >= 0.6 is 0 Å². The Kier molecular flexibility index (Phi) is 5.16. The summed E-state index contributed by atoms with van der Waals surface area (Å²) in [6.45, 7) is 0. The minimum Gasteiger partial charge on any atom is -0.307 e. The van der Waals surface area contributed by atoms with E-state index < -0.39 is 0 Å². The molecule has 43 heavy (non-hydrogen) atoms. The average molecular weight is 551 g/mol. The molecule has 0 saturated heterocycles. The summed E-state index contributed by atoms with van der Waals surface area (Å²) < 4.78 is 7.07. The summed E-state index contributed by atoms with van der Waals surface area (Å²) in [7, 11) is 0. The normalized spacial score (nSPS) is 11.7. The van der Waals surface area contributed by atoms with Gasteiger partial charge in [-0.15, -0.1) is 0 Å². The number of benzene rings is 6. The number of para-hydroxylation sites is 5. The first-order valence-corrected chi connectivity index (χ1v) is 14.6. The molecule has 0 saturated carbocycles. The molecule has 3 heterocycles. The molecule has 202 valence electrons. The van der Waals surface area contributed by atoms with Gasteiger partial charge in [-0.2, -0.15) is 0 Å². The summed E-state index contributed by atoms with van der Waals surface area (Å²) in [5.74, 6) is 0.899. The maximum atomic E-state index is 4.90. The van der Waals surface area contributed by atoms with Gasteiger partial charge in [0.05, 0.1) is 39.1 Å². The summed E-state index contributed by atoms with van der Waals surface area (Å²) in [4.78, 5) is 4.90. The van der Waals surface area contributed by atoms with E-state index in [1.165, 1.54) is 43.6 Å². The van der Waals surface area contributed by atoms with Gasteiger partial charge in [0.25, 0.3) is 0 Å². The van der Waals surface area contributed by atoms with E-state index in [9.17, 15) is 0 Å². The lowest BCUT2D eigenvalue weighted by molar-refractivity contribution is 1.00. The molecule has 0 unspecified atom stereocenters. The molecule has 0 N–H and O–H groups in total. The minimum absolute atomic E-state index is 0.899. The number of aromatic nitrogens is 4. The summed E-state index contributed by atoms with van der Waals surface area (Å²) in [6.07, 6.45) is 3.99. The van der Waals surface area contributed by atoms with Crippen molar-refractivity contribution < 1.29 is 0 Å².